The van der Waals surface area contributed by atoms with E-state index < -0.39 is 17.6 Å². The fraction of sp³-hybridized carbons (Fsp3) is 0.286. The molecule has 0 aliphatic rings. The fourth-order valence-electron chi connectivity index (χ4n) is 2.55. The van der Waals surface area contributed by atoms with Crippen LogP contribution in [0.3, 0.4) is 0 Å². The second-order valence-electron chi connectivity index (χ2n) is 6.64. The van der Waals surface area contributed by atoms with Gasteiger partial charge in [0.05, 0.1) is 11.9 Å². The van der Waals surface area contributed by atoms with Gasteiger partial charge in [-0.25, -0.2) is 18.7 Å². The lowest BCUT2D eigenvalue weighted by molar-refractivity contribution is -0.137. The first-order chi connectivity index (χ1) is 14.8. The van der Waals surface area contributed by atoms with Gasteiger partial charge in [0.2, 0.25) is 0 Å². The molecule has 0 spiro atoms. The predicted molar refractivity (Wildman–Crippen MR) is 111 cm³/mol. The van der Waals surface area contributed by atoms with Crippen LogP contribution in [-0.4, -0.2) is 39.1 Å². The number of rotatable bonds is 12. The molecule has 0 saturated heterocycles. The third-order valence-corrected chi connectivity index (χ3v) is 4.19. The summed E-state index contributed by atoms with van der Waals surface area (Å²) in [5.41, 5.74) is 0.179. The highest BCUT2D eigenvalue weighted by Gasteiger charge is 2.12. The molecular weight excluding hydrogens is 408 g/mol. The van der Waals surface area contributed by atoms with E-state index in [-0.39, 0.29) is 41.8 Å². The summed E-state index contributed by atoms with van der Waals surface area (Å²) in [7, 11) is 0. The lowest BCUT2D eigenvalue weighted by Gasteiger charge is -2.10. The second-order valence-corrected chi connectivity index (χ2v) is 6.64. The van der Waals surface area contributed by atoms with E-state index in [1.165, 1.54) is 19.1 Å². The van der Waals surface area contributed by atoms with Crippen molar-refractivity contribution in [2.24, 2.45) is 0 Å². The number of aliphatic carboxylic acids is 1. The quantitative estimate of drug-likeness (QED) is 0.231. The largest absolute Gasteiger partial charge is 0.481 e. The summed E-state index contributed by atoms with van der Waals surface area (Å²) in [4.78, 5) is 30.2. The van der Waals surface area contributed by atoms with Gasteiger partial charge in [-0.2, -0.15) is 0 Å². The first kappa shape index (κ1) is 23.6. The summed E-state index contributed by atoms with van der Waals surface area (Å²) in [6.07, 6.45) is 3.05. The van der Waals surface area contributed by atoms with Crippen LogP contribution in [0.4, 0.5) is 14.6 Å². The standard InChI is InChI=1S/C21H23F2N5O3/c1-13(29)18(26-11-14-6-2-3-7-15(14)22)10-17(24)21-27-12-16(23)20(28-21)25-9-5-4-8-19(30)31/h2-3,6-7,10,12,24,26H,4-5,8-9,11H2,1H3,(H,30,31)(H,25,27,28)/b18-10-,24-17?. The summed E-state index contributed by atoms with van der Waals surface area (Å²) in [6.45, 7) is 1.63. The summed E-state index contributed by atoms with van der Waals surface area (Å²) >= 11 is 0. The van der Waals surface area contributed by atoms with E-state index in [1.807, 2.05) is 0 Å². The van der Waals surface area contributed by atoms with E-state index in [2.05, 4.69) is 20.6 Å². The number of anilines is 1. The molecule has 0 aliphatic carbocycles. The average molecular weight is 431 g/mol. The third kappa shape index (κ3) is 7.57. The van der Waals surface area contributed by atoms with Crippen molar-refractivity contribution in [3.05, 3.63) is 65.3 Å². The van der Waals surface area contributed by atoms with Gasteiger partial charge in [-0.3, -0.25) is 15.0 Å². The van der Waals surface area contributed by atoms with Crippen LogP contribution in [-0.2, 0) is 16.1 Å². The SMILES string of the molecule is CC(=O)/C(=C/C(=N)c1ncc(F)c(NCCCCC(=O)O)n1)NCc1ccccc1F. The molecule has 0 amide bonds. The minimum Gasteiger partial charge on any atom is -0.481 e. The lowest BCUT2D eigenvalue weighted by Crippen LogP contribution is -2.21. The Morgan fingerprint density at radius 3 is 2.61 bits per heavy atom. The Balaban J connectivity index is 2.06. The maximum atomic E-state index is 13.9. The average Bonchev–Trinajstić information content (AvgIpc) is 2.72. The molecule has 1 aromatic carbocycles. The highest BCUT2D eigenvalue weighted by molar-refractivity contribution is 6.09. The van der Waals surface area contributed by atoms with E-state index in [0.29, 0.717) is 24.9 Å². The number of nitrogens with zero attached hydrogens (tertiary/aromatic N) is 2. The van der Waals surface area contributed by atoms with Crippen molar-refractivity contribution in [1.29, 1.82) is 5.41 Å². The first-order valence-corrected chi connectivity index (χ1v) is 9.55. The van der Waals surface area contributed by atoms with Crippen LogP contribution in [0.5, 0.6) is 0 Å². The normalized spacial score (nSPS) is 11.1. The van der Waals surface area contributed by atoms with Crippen LogP contribution in [0, 0.1) is 17.0 Å². The van der Waals surface area contributed by atoms with Crippen molar-refractivity contribution in [1.82, 2.24) is 15.3 Å². The molecule has 8 nitrogen and oxygen atoms in total. The van der Waals surface area contributed by atoms with Gasteiger partial charge in [-0.15, -0.1) is 0 Å². The van der Waals surface area contributed by atoms with Gasteiger partial charge >= 0.3 is 5.97 Å². The topological polar surface area (TPSA) is 128 Å². The van der Waals surface area contributed by atoms with Crippen molar-refractivity contribution in [2.75, 3.05) is 11.9 Å². The summed E-state index contributed by atoms with van der Waals surface area (Å²) in [5, 5.41) is 22.3. The minimum atomic E-state index is -0.902. The van der Waals surface area contributed by atoms with Crippen molar-refractivity contribution < 1.29 is 23.5 Å². The number of aromatic nitrogens is 2. The number of carboxylic acids is 1. The molecular formula is C21H23F2N5O3. The van der Waals surface area contributed by atoms with Crippen molar-refractivity contribution in [3.8, 4) is 0 Å². The Kier molecular flexibility index (Phi) is 8.74. The summed E-state index contributed by atoms with van der Waals surface area (Å²) in [5.74, 6) is -2.65. The highest BCUT2D eigenvalue weighted by Crippen LogP contribution is 2.12. The predicted octanol–water partition coefficient (Wildman–Crippen LogP) is 3.05. The number of Topliss-reactive ketones (excluding diaryl/α,β-unsaturated/α-hetero) is 1. The van der Waals surface area contributed by atoms with Gasteiger partial charge < -0.3 is 15.7 Å². The number of allylic oxidation sites excluding steroid dienone is 2. The van der Waals surface area contributed by atoms with Crippen LogP contribution in [0.15, 0.2) is 42.2 Å². The Bertz CT molecular complexity index is 995. The molecule has 0 fully saturated rings. The van der Waals surface area contributed by atoms with Gasteiger partial charge in [-0.05, 0) is 25.0 Å². The van der Waals surface area contributed by atoms with Crippen molar-refractivity contribution in [3.63, 3.8) is 0 Å². The first-order valence-electron chi connectivity index (χ1n) is 9.55. The molecule has 0 aliphatic heterocycles. The fourth-order valence-corrected chi connectivity index (χ4v) is 2.55. The summed E-state index contributed by atoms with van der Waals surface area (Å²) in [6, 6.07) is 6.10. The molecule has 1 aromatic heterocycles. The highest BCUT2D eigenvalue weighted by atomic mass is 19.1. The van der Waals surface area contributed by atoms with Gasteiger partial charge in [0.1, 0.15) is 11.5 Å². The summed E-state index contributed by atoms with van der Waals surface area (Å²) < 4.78 is 27.7. The maximum Gasteiger partial charge on any atom is 0.303 e. The number of benzene rings is 1. The number of carbonyl (C=O) groups excluding carboxylic acids is 1. The Hall–Kier alpha value is -3.69. The molecule has 0 bridgehead atoms. The molecule has 0 unspecified atom stereocenters. The third-order valence-electron chi connectivity index (χ3n) is 4.19. The van der Waals surface area contributed by atoms with Crippen molar-refractivity contribution in [2.45, 2.75) is 32.7 Å². The van der Waals surface area contributed by atoms with Crippen LogP contribution in [0.1, 0.15) is 37.6 Å². The smallest absolute Gasteiger partial charge is 0.303 e. The van der Waals surface area contributed by atoms with E-state index in [1.54, 1.807) is 18.2 Å². The van der Waals surface area contributed by atoms with Gasteiger partial charge in [-0.1, -0.05) is 18.2 Å². The molecule has 164 valence electrons. The number of hydrogen-bond donors (Lipinski definition) is 4. The zero-order valence-electron chi connectivity index (χ0n) is 16.9. The lowest BCUT2D eigenvalue weighted by atomic mass is 10.2. The molecule has 10 heteroatoms. The number of unbranched alkanes of at least 4 members (excludes halogenated alkanes) is 1. The van der Waals surface area contributed by atoms with Crippen molar-refractivity contribution >= 4 is 23.3 Å². The molecule has 31 heavy (non-hydrogen) atoms. The molecule has 0 atom stereocenters. The molecule has 2 aromatic rings. The Morgan fingerprint density at radius 2 is 1.94 bits per heavy atom. The Labute approximate surface area is 177 Å². The molecule has 1 heterocycles. The zero-order valence-corrected chi connectivity index (χ0v) is 16.9. The Morgan fingerprint density at radius 1 is 1.19 bits per heavy atom. The molecule has 2 rings (SSSR count). The van der Waals surface area contributed by atoms with Crippen LogP contribution in [0.25, 0.3) is 0 Å². The van der Waals surface area contributed by atoms with Gasteiger partial charge in [0.15, 0.2) is 23.2 Å². The molecule has 4 N–H and O–H groups in total. The number of hydrogen-bond acceptors (Lipinski definition) is 7. The zero-order chi connectivity index (χ0) is 22.8. The van der Waals surface area contributed by atoms with E-state index in [0.717, 1.165) is 6.20 Å². The number of nitrogens with one attached hydrogen (secondary N) is 3. The molecule has 0 saturated carbocycles. The maximum absolute atomic E-state index is 13.9. The van der Waals surface area contributed by atoms with E-state index in [9.17, 15) is 18.4 Å². The molecule has 0 radical (unpaired) electrons. The number of halogens is 2. The van der Waals surface area contributed by atoms with E-state index >= 15 is 0 Å². The number of ketones is 1. The van der Waals surface area contributed by atoms with Gasteiger partial charge in [0, 0.05) is 32.0 Å². The number of carbonyl (C=O) groups is 2. The van der Waals surface area contributed by atoms with Crippen LogP contribution < -0.4 is 10.6 Å². The van der Waals surface area contributed by atoms with E-state index in [4.69, 9.17) is 10.5 Å². The number of carboxylic acid groups (broad SMARTS) is 1. The van der Waals surface area contributed by atoms with Crippen LogP contribution >= 0.6 is 0 Å². The monoisotopic (exact) mass is 431 g/mol. The second kappa shape index (κ2) is 11.5. The van der Waals surface area contributed by atoms with Crippen LogP contribution in [0.2, 0.25) is 0 Å². The van der Waals surface area contributed by atoms with Gasteiger partial charge in [0.25, 0.3) is 0 Å². The minimum absolute atomic E-state index is 0.0162.